The van der Waals surface area contributed by atoms with Crippen molar-refractivity contribution in [2.75, 3.05) is 13.2 Å². The molecule has 0 radical (unpaired) electrons. The number of carboxylic acids is 1. The van der Waals surface area contributed by atoms with Gasteiger partial charge < -0.3 is 26.2 Å². The van der Waals surface area contributed by atoms with E-state index in [1.165, 1.54) is 135 Å². The van der Waals surface area contributed by atoms with E-state index >= 15 is 0 Å². The lowest BCUT2D eigenvalue weighted by molar-refractivity contribution is -0.139. The number of nitrogens with two attached hydrogens (primary N) is 1. The number of amides is 1. The van der Waals surface area contributed by atoms with E-state index in [2.05, 4.69) is 19.2 Å². The summed E-state index contributed by atoms with van der Waals surface area (Å²) in [7, 11) is -4.67. The number of rotatable bonds is 39. The lowest BCUT2D eigenvalue weighted by Gasteiger charge is -2.23. The van der Waals surface area contributed by atoms with Crippen molar-refractivity contribution in [3.8, 4) is 0 Å². The Labute approximate surface area is 312 Å². The molecule has 0 aromatic carbocycles. The van der Waals surface area contributed by atoms with Gasteiger partial charge in [0.1, 0.15) is 6.04 Å². The van der Waals surface area contributed by atoms with Gasteiger partial charge in [-0.05, 0) is 19.3 Å². The average Bonchev–Trinajstić information content (AvgIpc) is 3.10. The number of carboxylic acid groups (broad SMARTS) is 1. The summed E-state index contributed by atoms with van der Waals surface area (Å²) in [6, 6.07) is -2.47. The molecule has 51 heavy (non-hydrogen) atoms. The van der Waals surface area contributed by atoms with Crippen LogP contribution in [0.2, 0.25) is 0 Å². The minimum absolute atomic E-state index is 0.270. The van der Waals surface area contributed by atoms with Crippen molar-refractivity contribution in [2.24, 2.45) is 5.73 Å². The van der Waals surface area contributed by atoms with E-state index in [0.717, 1.165) is 44.9 Å². The fourth-order valence-electron chi connectivity index (χ4n) is 6.09. The molecule has 11 heteroatoms. The third kappa shape index (κ3) is 34.2. The summed E-state index contributed by atoms with van der Waals surface area (Å²) in [5, 5.41) is 22.5. The zero-order chi connectivity index (χ0) is 37.8. The van der Waals surface area contributed by atoms with Gasteiger partial charge in [-0.3, -0.25) is 18.6 Å². The molecule has 0 fully saturated rings. The molecule has 0 saturated heterocycles. The van der Waals surface area contributed by atoms with Crippen LogP contribution >= 0.6 is 7.82 Å². The minimum Gasteiger partial charge on any atom is -0.480 e. The largest absolute Gasteiger partial charge is 0.480 e. The van der Waals surface area contributed by atoms with E-state index in [4.69, 9.17) is 19.9 Å². The molecule has 0 aliphatic carbocycles. The number of carbonyl (C=O) groups is 2. The SMILES string of the molecule is CCCCCCCCCCCCC/C=C/C(O)C(COP(=O)(O)OCC(N)C(=O)O)NC(=O)CCCCCCCCCCCCCCCCCC. The van der Waals surface area contributed by atoms with Crippen LogP contribution in [0.15, 0.2) is 12.2 Å². The van der Waals surface area contributed by atoms with E-state index in [-0.39, 0.29) is 12.3 Å². The van der Waals surface area contributed by atoms with Crippen LogP contribution in [0.1, 0.15) is 200 Å². The molecule has 0 aromatic heterocycles. The second-order valence-electron chi connectivity index (χ2n) is 14.5. The average molecular weight is 747 g/mol. The lowest BCUT2D eigenvalue weighted by atomic mass is 10.0. The zero-order valence-electron chi connectivity index (χ0n) is 32.7. The molecule has 10 nitrogen and oxygen atoms in total. The van der Waals surface area contributed by atoms with Crippen LogP contribution in [-0.2, 0) is 23.2 Å². The molecule has 0 aliphatic rings. The van der Waals surface area contributed by atoms with Crippen molar-refractivity contribution < 1.29 is 38.3 Å². The Hall–Kier alpha value is -1.29. The normalized spacial score (nSPS) is 14.8. The highest BCUT2D eigenvalue weighted by Crippen LogP contribution is 2.43. The molecule has 4 atom stereocenters. The van der Waals surface area contributed by atoms with Crippen molar-refractivity contribution in [1.82, 2.24) is 5.32 Å². The van der Waals surface area contributed by atoms with Crippen molar-refractivity contribution in [1.29, 1.82) is 0 Å². The first-order valence-corrected chi connectivity index (χ1v) is 22.4. The summed E-state index contributed by atoms with van der Waals surface area (Å²) in [5.74, 6) is -1.65. The van der Waals surface area contributed by atoms with Gasteiger partial charge in [-0.2, -0.15) is 0 Å². The predicted molar refractivity (Wildman–Crippen MR) is 210 cm³/mol. The quantitative estimate of drug-likeness (QED) is 0.0233. The lowest BCUT2D eigenvalue weighted by Crippen LogP contribution is -2.45. The Morgan fingerprint density at radius 2 is 1.02 bits per heavy atom. The van der Waals surface area contributed by atoms with Gasteiger partial charge in [-0.15, -0.1) is 0 Å². The summed E-state index contributed by atoms with van der Waals surface area (Å²) in [6.45, 7) is 3.28. The Bertz CT molecular complexity index is 891. The van der Waals surface area contributed by atoms with Gasteiger partial charge >= 0.3 is 13.8 Å². The van der Waals surface area contributed by atoms with Crippen LogP contribution in [0.25, 0.3) is 0 Å². The molecule has 0 bridgehead atoms. The monoisotopic (exact) mass is 747 g/mol. The number of nitrogens with one attached hydrogen (secondary N) is 1. The Kier molecular flexibility index (Phi) is 34.8. The number of aliphatic hydroxyl groups excluding tert-OH is 1. The maximum absolute atomic E-state index is 12.8. The molecule has 6 N–H and O–H groups in total. The van der Waals surface area contributed by atoms with Crippen molar-refractivity contribution in [3.05, 3.63) is 12.2 Å². The molecule has 0 aliphatic heterocycles. The van der Waals surface area contributed by atoms with Gasteiger partial charge in [-0.1, -0.05) is 187 Å². The predicted octanol–water partition coefficient (Wildman–Crippen LogP) is 10.3. The van der Waals surface area contributed by atoms with E-state index in [1.54, 1.807) is 6.08 Å². The maximum Gasteiger partial charge on any atom is 0.472 e. The fourth-order valence-corrected chi connectivity index (χ4v) is 6.86. The molecule has 4 unspecified atom stereocenters. The van der Waals surface area contributed by atoms with E-state index < -0.39 is 45.2 Å². The maximum atomic E-state index is 12.8. The number of aliphatic carboxylic acids is 1. The first-order chi connectivity index (χ1) is 24.6. The van der Waals surface area contributed by atoms with Gasteiger partial charge in [-0.25, -0.2) is 4.57 Å². The van der Waals surface area contributed by atoms with Crippen LogP contribution in [0, 0.1) is 0 Å². The Balaban J connectivity index is 4.43. The molecule has 302 valence electrons. The number of unbranched alkanes of at least 4 members (excludes halogenated alkanes) is 26. The van der Waals surface area contributed by atoms with Crippen LogP contribution in [0.4, 0.5) is 0 Å². The number of phosphoric ester groups is 1. The zero-order valence-corrected chi connectivity index (χ0v) is 33.6. The first kappa shape index (κ1) is 49.7. The molecule has 0 aromatic rings. The number of aliphatic hydroxyl groups is 1. The van der Waals surface area contributed by atoms with Gasteiger partial charge in [0.05, 0.1) is 25.4 Å². The summed E-state index contributed by atoms with van der Waals surface area (Å²) >= 11 is 0. The number of hydrogen-bond donors (Lipinski definition) is 5. The second kappa shape index (κ2) is 35.7. The number of phosphoric acid groups is 1. The van der Waals surface area contributed by atoms with Crippen molar-refractivity contribution in [3.63, 3.8) is 0 Å². The smallest absolute Gasteiger partial charge is 0.472 e. The highest BCUT2D eigenvalue weighted by Gasteiger charge is 2.28. The minimum atomic E-state index is -4.67. The van der Waals surface area contributed by atoms with Crippen molar-refractivity contribution >= 4 is 19.7 Å². The Morgan fingerprint density at radius 3 is 1.43 bits per heavy atom. The van der Waals surface area contributed by atoms with E-state index in [9.17, 15) is 24.2 Å². The van der Waals surface area contributed by atoms with Crippen LogP contribution < -0.4 is 11.1 Å². The molecule has 1 amide bonds. The van der Waals surface area contributed by atoms with Crippen LogP contribution in [0.3, 0.4) is 0 Å². The molecular weight excluding hydrogens is 667 g/mol. The van der Waals surface area contributed by atoms with Gasteiger partial charge in [0.2, 0.25) is 5.91 Å². The number of hydrogen-bond acceptors (Lipinski definition) is 7. The van der Waals surface area contributed by atoms with Crippen LogP contribution in [-0.4, -0.2) is 58.4 Å². The summed E-state index contributed by atoms with van der Waals surface area (Å²) in [5.41, 5.74) is 5.35. The molecule has 0 saturated carbocycles. The summed E-state index contributed by atoms with van der Waals surface area (Å²) in [4.78, 5) is 33.7. The van der Waals surface area contributed by atoms with E-state index in [1.807, 2.05) is 6.08 Å². The summed E-state index contributed by atoms with van der Waals surface area (Å²) in [6.07, 6.45) is 37.1. The highest BCUT2D eigenvalue weighted by atomic mass is 31.2. The van der Waals surface area contributed by atoms with Gasteiger partial charge in [0.25, 0.3) is 0 Å². The molecular formula is C40H79N2O8P. The van der Waals surface area contributed by atoms with E-state index in [0.29, 0.717) is 0 Å². The van der Waals surface area contributed by atoms with Crippen LogP contribution in [0.5, 0.6) is 0 Å². The third-order valence-corrected chi connectivity index (χ3v) is 10.4. The van der Waals surface area contributed by atoms with Gasteiger partial charge in [0.15, 0.2) is 0 Å². The first-order valence-electron chi connectivity index (χ1n) is 20.9. The third-order valence-electron chi connectivity index (χ3n) is 9.48. The molecule has 0 rings (SSSR count). The molecule has 0 spiro atoms. The fraction of sp³-hybridized carbons (Fsp3) is 0.900. The highest BCUT2D eigenvalue weighted by molar-refractivity contribution is 7.47. The Morgan fingerprint density at radius 1 is 0.647 bits per heavy atom. The number of carbonyl (C=O) groups excluding carboxylic acids is 1. The standard InChI is InChI=1S/C40H79N2O8P/c1-3-5-7-9-11-13-15-17-18-19-21-23-25-27-29-31-33-39(44)42-37(35-50-51(47,48)49-34-36(41)40(45)46)38(43)32-30-28-26-24-22-20-16-14-12-10-8-6-4-2/h30,32,36-38,43H,3-29,31,33-35,41H2,1-2H3,(H,42,44)(H,45,46)(H,47,48)/b32-30+. The molecule has 0 heterocycles. The van der Waals surface area contributed by atoms with Gasteiger partial charge in [0, 0.05) is 6.42 Å². The topological polar surface area (TPSA) is 168 Å². The van der Waals surface area contributed by atoms with Crippen molar-refractivity contribution in [2.45, 2.75) is 218 Å². The summed E-state index contributed by atoms with van der Waals surface area (Å²) < 4.78 is 22.1. The number of allylic oxidation sites excluding steroid dienone is 1. The second-order valence-corrected chi connectivity index (χ2v) is 15.9.